The molecule has 3 nitrogen and oxygen atoms in total. The van der Waals surface area contributed by atoms with Crippen LogP contribution < -0.4 is 11.9 Å². The van der Waals surface area contributed by atoms with E-state index in [1.165, 1.54) is 0 Å². The molecule has 0 fully saturated rings. The van der Waals surface area contributed by atoms with E-state index in [0.717, 1.165) is 0 Å². The summed E-state index contributed by atoms with van der Waals surface area (Å²) in [4.78, 5) is 0. The fourth-order valence-corrected chi connectivity index (χ4v) is 0. The Morgan fingerprint density at radius 2 is 1.29 bits per heavy atom. The zero-order chi connectivity index (χ0) is 6.08. The standard InChI is InChI=1S/C3H7.3H2N.Sn/c1-3-2;;;;/h3H,1-2H3;3*1H2;/q;3*-1;+3. The maximum absolute atomic E-state index is 5.44. The van der Waals surface area contributed by atoms with E-state index in [1.54, 1.807) is 0 Å². The van der Waals surface area contributed by atoms with Crippen LogP contribution in [-0.2, 0) is 0 Å². The summed E-state index contributed by atoms with van der Waals surface area (Å²) in [6, 6.07) is 0. The monoisotopic (exact) mass is 211 g/mol. The zero-order valence-corrected chi connectivity index (χ0v) is 7.66. The van der Waals surface area contributed by atoms with Crippen LogP contribution in [0, 0.1) is 0 Å². The Morgan fingerprint density at radius 1 is 1.14 bits per heavy atom. The SMILES string of the molecule is C[CH](C)[Sn]([NH2])([NH2])[NH2]. The van der Waals surface area contributed by atoms with Crippen molar-refractivity contribution in [2.45, 2.75) is 17.8 Å². The third-order valence-corrected chi connectivity index (χ3v) is 6.71. The van der Waals surface area contributed by atoms with Gasteiger partial charge in [-0.15, -0.1) is 0 Å². The second-order valence-electron chi connectivity index (χ2n) is 2.15. The molecule has 0 heterocycles. The van der Waals surface area contributed by atoms with E-state index in [1.807, 2.05) is 13.8 Å². The molecule has 4 heteroatoms. The second kappa shape index (κ2) is 2.30. The summed E-state index contributed by atoms with van der Waals surface area (Å²) >= 11 is -2.87. The molecule has 0 aliphatic carbocycles. The molecule has 0 amide bonds. The van der Waals surface area contributed by atoms with Crippen molar-refractivity contribution >= 4 is 19.2 Å². The number of rotatable bonds is 1. The van der Waals surface area contributed by atoms with Crippen molar-refractivity contribution < 1.29 is 0 Å². The van der Waals surface area contributed by atoms with Crippen molar-refractivity contribution in [2.24, 2.45) is 11.9 Å². The third-order valence-electron chi connectivity index (χ3n) is 1.00. The summed E-state index contributed by atoms with van der Waals surface area (Å²) < 4.78 is 16.7. The molecule has 0 radical (unpaired) electrons. The summed E-state index contributed by atoms with van der Waals surface area (Å²) in [6.07, 6.45) is 0. The first kappa shape index (κ1) is 7.68. The van der Waals surface area contributed by atoms with Crippen LogP contribution in [0.3, 0.4) is 0 Å². The van der Waals surface area contributed by atoms with Gasteiger partial charge in [-0.25, -0.2) is 0 Å². The van der Waals surface area contributed by atoms with Crippen LogP contribution >= 0.6 is 0 Å². The van der Waals surface area contributed by atoms with Crippen molar-refractivity contribution in [3.05, 3.63) is 0 Å². The van der Waals surface area contributed by atoms with E-state index >= 15 is 0 Å². The Morgan fingerprint density at radius 3 is 1.29 bits per heavy atom. The molecule has 0 aromatic rings. The molecular weight excluding hydrogens is 197 g/mol. The Balaban J connectivity index is 3.54. The van der Waals surface area contributed by atoms with Crippen LogP contribution in [0.4, 0.5) is 0 Å². The molecule has 0 rings (SSSR count). The minimum absolute atomic E-state index is 0.342. The minimum atomic E-state index is -2.87. The zero-order valence-electron chi connectivity index (χ0n) is 4.81. The van der Waals surface area contributed by atoms with E-state index in [0.29, 0.717) is 3.93 Å². The Labute approximate surface area is 49.2 Å². The molecule has 0 spiro atoms. The van der Waals surface area contributed by atoms with E-state index < -0.39 is 19.2 Å². The molecule has 0 aliphatic rings. The van der Waals surface area contributed by atoms with Gasteiger partial charge in [0.1, 0.15) is 0 Å². The van der Waals surface area contributed by atoms with E-state index in [2.05, 4.69) is 0 Å². The van der Waals surface area contributed by atoms with Gasteiger partial charge in [0.15, 0.2) is 0 Å². The summed E-state index contributed by atoms with van der Waals surface area (Å²) in [6.45, 7) is 3.94. The summed E-state index contributed by atoms with van der Waals surface area (Å²) in [5.74, 6) is 0. The Bertz CT molecular complexity index is 55.7. The molecule has 7 heavy (non-hydrogen) atoms. The predicted octanol–water partition coefficient (Wildman–Crippen LogP) is -0.789. The Kier molecular flexibility index (Phi) is 2.52. The molecule has 0 bridgehead atoms. The van der Waals surface area contributed by atoms with Crippen LogP contribution in [0.25, 0.3) is 0 Å². The van der Waals surface area contributed by atoms with Crippen molar-refractivity contribution in [1.29, 1.82) is 0 Å². The van der Waals surface area contributed by atoms with Crippen LogP contribution in [-0.4, -0.2) is 19.2 Å². The summed E-state index contributed by atoms with van der Waals surface area (Å²) in [7, 11) is 0. The topological polar surface area (TPSA) is 78.1 Å². The van der Waals surface area contributed by atoms with Gasteiger partial charge in [-0.05, 0) is 0 Å². The third kappa shape index (κ3) is 3.28. The Hall–Kier alpha value is 0.679. The fraction of sp³-hybridized carbons (Fsp3) is 1.00. The average Bonchev–Trinajstić information content (AvgIpc) is 1.31. The van der Waals surface area contributed by atoms with Crippen LogP contribution in [0.15, 0.2) is 0 Å². The first-order valence-electron chi connectivity index (χ1n) is 2.31. The van der Waals surface area contributed by atoms with Crippen molar-refractivity contribution in [1.82, 2.24) is 0 Å². The first-order chi connectivity index (χ1) is 2.94. The molecule has 0 saturated carbocycles. The quantitative estimate of drug-likeness (QED) is 0.496. The molecule has 0 aromatic carbocycles. The molecule has 44 valence electrons. The fourth-order valence-electron chi connectivity index (χ4n) is 0. The van der Waals surface area contributed by atoms with Crippen LogP contribution in [0.1, 0.15) is 13.8 Å². The predicted molar refractivity (Wildman–Crippen MR) is 33.4 cm³/mol. The first-order valence-corrected chi connectivity index (χ1v) is 8.90. The molecule has 0 aromatic heterocycles. The van der Waals surface area contributed by atoms with Gasteiger partial charge in [-0.3, -0.25) is 0 Å². The molecular formula is C3H13N3Sn. The van der Waals surface area contributed by atoms with E-state index in [9.17, 15) is 0 Å². The van der Waals surface area contributed by atoms with Gasteiger partial charge < -0.3 is 0 Å². The van der Waals surface area contributed by atoms with E-state index in [-0.39, 0.29) is 0 Å². The van der Waals surface area contributed by atoms with E-state index in [4.69, 9.17) is 11.9 Å². The molecule has 0 atom stereocenters. The molecule has 0 saturated heterocycles. The van der Waals surface area contributed by atoms with Gasteiger partial charge in [0, 0.05) is 0 Å². The van der Waals surface area contributed by atoms with Crippen molar-refractivity contribution in [3.63, 3.8) is 0 Å². The average molecular weight is 210 g/mol. The van der Waals surface area contributed by atoms with Gasteiger partial charge in [0.2, 0.25) is 0 Å². The molecule has 0 unspecified atom stereocenters. The summed E-state index contributed by atoms with van der Waals surface area (Å²) in [5, 5.41) is 0. The van der Waals surface area contributed by atoms with Gasteiger partial charge in [-0.2, -0.15) is 0 Å². The van der Waals surface area contributed by atoms with Crippen LogP contribution in [0.2, 0.25) is 3.93 Å². The van der Waals surface area contributed by atoms with Gasteiger partial charge >= 0.3 is 48.8 Å². The summed E-state index contributed by atoms with van der Waals surface area (Å²) in [5.41, 5.74) is 0. The van der Waals surface area contributed by atoms with Crippen molar-refractivity contribution in [2.75, 3.05) is 0 Å². The van der Waals surface area contributed by atoms with Gasteiger partial charge in [0.05, 0.1) is 0 Å². The van der Waals surface area contributed by atoms with Gasteiger partial charge in [0.25, 0.3) is 0 Å². The van der Waals surface area contributed by atoms with Crippen LogP contribution in [0.5, 0.6) is 0 Å². The molecule has 6 N–H and O–H groups in total. The maximum atomic E-state index is 5.44. The van der Waals surface area contributed by atoms with Gasteiger partial charge in [-0.1, -0.05) is 0 Å². The number of hydrogen-bond donors (Lipinski definition) is 3. The van der Waals surface area contributed by atoms with Crippen molar-refractivity contribution in [3.8, 4) is 0 Å². The number of hydrogen-bond acceptors (Lipinski definition) is 3. The normalized spacial score (nSPS) is 12.9. The molecule has 0 aliphatic heterocycles. The second-order valence-corrected chi connectivity index (χ2v) is 11.2. The number of nitrogens with two attached hydrogens (primary N) is 3.